The van der Waals surface area contributed by atoms with Crippen molar-refractivity contribution in [2.24, 2.45) is 0 Å². The normalized spacial score (nSPS) is 11.4. The van der Waals surface area contributed by atoms with Gasteiger partial charge in [-0.05, 0) is 67.1 Å². The second kappa shape index (κ2) is 13.2. The Morgan fingerprint density at radius 1 is 0.923 bits per heavy atom. The molecular formula is C29H29N3O5S2. The first-order valence-corrected chi connectivity index (χ1v) is 13.9. The van der Waals surface area contributed by atoms with Gasteiger partial charge >= 0.3 is 0 Å². The topological polar surface area (TPSA) is 98.8 Å². The zero-order valence-corrected chi connectivity index (χ0v) is 23.7. The van der Waals surface area contributed by atoms with E-state index in [9.17, 15) is 9.59 Å². The summed E-state index contributed by atoms with van der Waals surface area (Å²) >= 11 is 2.80. The molecule has 202 valence electrons. The summed E-state index contributed by atoms with van der Waals surface area (Å²) in [7, 11) is 4.75. The molecule has 8 nitrogen and oxygen atoms in total. The summed E-state index contributed by atoms with van der Waals surface area (Å²) in [6, 6.07) is 19.9. The predicted octanol–water partition coefficient (Wildman–Crippen LogP) is 6.60. The van der Waals surface area contributed by atoms with Gasteiger partial charge in [-0.15, -0.1) is 23.1 Å². The average Bonchev–Trinajstić information content (AvgIpc) is 3.44. The van der Waals surface area contributed by atoms with Gasteiger partial charge in [0.15, 0.2) is 16.6 Å². The van der Waals surface area contributed by atoms with Crippen LogP contribution in [-0.4, -0.2) is 43.4 Å². The molecule has 10 heteroatoms. The molecule has 1 aromatic heterocycles. The highest BCUT2D eigenvalue weighted by atomic mass is 32.2. The van der Waals surface area contributed by atoms with E-state index in [0.717, 1.165) is 16.2 Å². The van der Waals surface area contributed by atoms with Crippen molar-refractivity contribution < 1.29 is 23.8 Å². The number of thioether (sulfide) groups is 1. The molecule has 4 aromatic rings. The molecule has 1 unspecified atom stereocenters. The number of rotatable bonds is 11. The third kappa shape index (κ3) is 7.10. The molecule has 0 radical (unpaired) electrons. The lowest BCUT2D eigenvalue weighted by atomic mass is 10.1. The highest BCUT2D eigenvalue weighted by Gasteiger charge is 2.20. The summed E-state index contributed by atoms with van der Waals surface area (Å²) < 4.78 is 15.8. The van der Waals surface area contributed by atoms with E-state index in [0.29, 0.717) is 40.1 Å². The monoisotopic (exact) mass is 563 g/mol. The van der Waals surface area contributed by atoms with Gasteiger partial charge in [0, 0.05) is 27.1 Å². The van der Waals surface area contributed by atoms with Gasteiger partial charge in [-0.25, -0.2) is 4.98 Å². The summed E-state index contributed by atoms with van der Waals surface area (Å²) in [4.78, 5) is 31.2. The Morgan fingerprint density at radius 3 is 2.38 bits per heavy atom. The van der Waals surface area contributed by atoms with Crippen molar-refractivity contribution in [2.75, 3.05) is 32.0 Å². The zero-order valence-electron chi connectivity index (χ0n) is 22.0. The van der Waals surface area contributed by atoms with E-state index >= 15 is 0 Å². The maximum absolute atomic E-state index is 13.1. The predicted molar refractivity (Wildman–Crippen MR) is 157 cm³/mol. The van der Waals surface area contributed by atoms with E-state index in [-0.39, 0.29) is 17.1 Å². The second-order valence-corrected chi connectivity index (χ2v) is 10.5. The minimum Gasteiger partial charge on any atom is -0.497 e. The number of anilines is 2. The van der Waals surface area contributed by atoms with Crippen LogP contribution in [0.5, 0.6) is 17.2 Å². The molecule has 4 rings (SSSR count). The van der Waals surface area contributed by atoms with Crippen LogP contribution in [0, 0.1) is 0 Å². The minimum atomic E-state index is -0.342. The molecule has 2 amide bonds. The third-order valence-corrected chi connectivity index (χ3v) is 7.92. The Morgan fingerprint density at radius 2 is 1.69 bits per heavy atom. The number of nitrogens with zero attached hydrogens (tertiary/aromatic N) is 1. The molecule has 0 saturated heterocycles. The van der Waals surface area contributed by atoms with Gasteiger partial charge in [-0.1, -0.05) is 13.0 Å². The van der Waals surface area contributed by atoms with Crippen molar-refractivity contribution in [3.8, 4) is 28.5 Å². The molecule has 3 aromatic carbocycles. The Balaban J connectivity index is 1.39. The Hall–Kier alpha value is -4.02. The maximum Gasteiger partial charge on any atom is 0.255 e. The van der Waals surface area contributed by atoms with Gasteiger partial charge < -0.3 is 24.8 Å². The van der Waals surface area contributed by atoms with Crippen LogP contribution in [0.3, 0.4) is 0 Å². The quantitative estimate of drug-likeness (QED) is 0.198. The first-order chi connectivity index (χ1) is 18.9. The van der Waals surface area contributed by atoms with Gasteiger partial charge in [0.1, 0.15) is 5.75 Å². The standard InChI is InChI=1S/C29H29N3O5S2/c1-5-26(28(34)32-29-31-23(17-38-29)19-11-14-24(36-3)25(15-19)37-4)39-22-8-6-7-20(16-22)30-27(33)18-9-12-21(35-2)13-10-18/h6-17,26H,5H2,1-4H3,(H,30,33)(H,31,32,34). The number of hydrogen-bond donors (Lipinski definition) is 2. The molecule has 0 aliphatic rings. The van der Waals surface area contributed by atoms with Gasteiger partial charge in [-0.2, -0.15) is 0 Å². The van der Waals surface area contributed by atoms with Crippen LogP contribution in [0.25, 0.3) is 11.3 Å². The van der Waals surface area contributed by atoms with Crippen molar-refractivity contribution in [1.29, 1.82) is 0 Å². The fraction of sp³-hybridized carbons (Fsp3) is 0.207. The second-order valence-electron chi connectivity index (χ2n) is 8.32. The highest BCUT2D eigenvalue weighted by molar-refractivity contribution is 8.00. The van der Waals surface area contributed by atoms with Crippen molar-refractivity contribution in [3.63, 3.8) is 0 Å². The molecular weight excluding hydrogens is 534 g/mol. The lowest BCUT2D eigenvalue weighted by Gasteiger charge is -2.14. The number of methoxy groups -OCH3 is 3. The Kier molecular flexibility index (Phi) is 9.45. The Bertz CT molecular complexity index is 1440. The van der Waals surface area contributed by atoms with Crippen LogP contribution in [-0.2, 0) is 4.79 Å². The molecule has 2 N–H and O–H groups in total. The van der Waals surface area contributed by atoms with Gasteiger partial charge in [0.25, 0.3) is 5.91 Å². The summed E-state index contributed by atoms with van der Waals surface area (Å²) in [5.41, 5.74) is 2.77. The van der Waals surface area contributed by atoms with Gasteiger partial charge in [0.05, 0.1) is 32.3 Å². The van der Waals surface area contributed by atoms with Crippen LogP contribution >= 0.6 is 23.1 Å². The van der Waals surface area contributed by atoms with Gasteiger partial charge in [0.2, 0.25) is 5.91 Å². The van der Waals surface area contributed by atoms with E-state index in [1.54, 1.807) is 45.6 Å². The highest BCUT2D eigenvalue weighted by Crippen LogP contribution is 2.34. The summed E-state index contributed by atoms with van der Waals surface area (Å²) in [5, 5.41) is 7.92. The first kappa shape index (κ1) is 28.0. The summed E-state index contributed by atoms with van der Waals surface area (Å²) in [6.07, 6.45) is 0.618. The number of thiazole rings is 1. The average molecular weight is 564 g/mol. The smallest absolute Gasteiger partial charge is 0.255 e. The van der Waals surface area contributed by atoms with Crippen LogP contribution in [0.4, 0.5) is 10.8 Å². The molecule has 0 saturated carbocycles. The number of hydrogen-bond acceptors (Lipinski definition) is 8. The SMILES string of the molecule is CCC(Sc1cccc(NC(=O)c2ccc(OC)cc2)c1)C(=O)Nc1nc(-c2ccc(OC)c(OC)c2)cs1. The molecule has 1 heterocycles. The molecule has 0 aliphatic carbocycles. The number of nitrogens with one attached hydrogen (secondary N) is 2. The number of amides is 2. The number of carbonyl (C=O) groups is 2. The molecule has 0 bridgehead atoms. The number of carbonyl (C=O) groups excluding carboxylic acids is 2. The number of benzene rings is 3. The zero-order chi connectivity index (χ0) is 27.8. The minimum absolute atomic E-state index is 0.136. The van der Waals surface area contributed by atoms with Crippen LogP contribution in [0.15, 0.2) is 77.0 Å². The van der Waals surface area contributed by atoms with Crippen molar-refractivity contribution in [1.82, 2.24) is 4.98 Å². The molecule has 0 fully saturated rings. The van der Waals surface area contributed by atoms with E-state index in [1.165, 1.54) is 23.1 Å². The van der Waals surface area contributed by atoms with Crippen LogP contribution < -0.4 is 24.8 Å². The van der Waals surface area contributed by atoms with Crippen molar-refractivity contribution in [2.45, 2.75) is 23.5 Å². The number of aromatic nitrogens is 1. The fourth-order valence-electron chi connectivity index (χ4n) is 3.72. The van der Waals surface area contributed by atoms with Crippen molar-refractivity contribution in [3.05, 3.63) is 77.7 Å². The third-order valence-electron chi connectivity index (χ3n) is 5.80. The maximum atomic E-state index is 13.1. The largest absolute Gasteiger partial charge is 0.497 e. The van der Waals surface area contributed by atoms with E-state index in [4.69, 9.17) is 14.2 Å². The van der Waals surface area contributed by atoms with E-state index in [2.05, 4.69) is 15.6 Å². The fourth-order valence-corrected chi connectivity index (χ4v) is 5.46. The molecule has 0 aliphatic heterocycles. The summed E-state index contributed by atoms with van der Waals surface area (Å²) in [5.74, 6) is 1.57. The lowest BCUT2D eigenvalue weighted by Crippen LogP contribution is -2.24. The number of ether oxygens (including phenoxy) is 3. The first-order valence-electron chi connectivity index (χ1n) is 12.1. The van der Waals surface area contributed by atoms with Crippen molar-refractivity contribution >= 4 is 45.7 Å². The van der Waals surface area contributed by atoms with E-state index < -0.39 is 0 Å². The Labute approximate surface area is 235 Å². The van der Waals surface area contributed by atoms with Crippen LogP contribution in [0.2, 0.25) is 0 Å². The molecule has 0 spiro atoms. The summed E-state index contributed by atoms with van der Waals surface area (Å²) in [6.45, 7) is 1.96. The molecule has 1 atom stereocenters. The molecule has 39 heavy (non-hydrogen) atoms. The lowest BCUT2D eigenvalue weighted by molar-refractivity contribution is -0.115. The van der Waals surface area contributed by atoms with Crippen LogP contribution in [0.1, 0.15) is 23.7 Å². The van der Waals surface area contributed by atoms with Gasteiger partial charge in [-0.3, -0.25) is 9.59 Å². The van der Waals surface area contributed by atoms with E-state index in [1.807, 2.05) is 54.8 Å².